The van der Waals surface area contributed by atoms with Crippen LogP contribution in [0, 0.1) is 11.8 Å². The van der Waals surface area contributed by atoms with Gasteiger partial charge in [-0.3, -0.25) is 0 Å². The number of phenols is 4. The molecule has 48 heavy (non-hydrogen) atoms. The van der Waals surface area contributed by atoms with E-state index in [0.29, 0.717) is 34.8 Å². The van der Waals surface area contributed by atoms with Crippen molar-refractivity contribution >= 4 is 0 Å². The molecular weight excluding hydrogens is 592 g/mol. The minimum Gasteiger partial charge on any atom is -0.508 e. The lowest BCUT2D eigenvalue weighted by molar-refractivity contribution is 0.140. The monoisotopic (exact) mass is 646 g/mol. The number of benzene rings is 4. The van der Waals surface area contributed by atoms with Crippen LogP contribution in [-0.2, 0) is 36.5 Å². The molecule has 4 heteroatoms. The first-order valence-electron chi connectivity index (χ1n) is 18.5. The molecule has 0 aromatic heterocycles. The first-order chi connectivity index (χ1) is 23.2. The van der Waals surface area contributed by atoms with E-state index in [1.54, 1.807) is 0 Å². The first kappa shape index (κ1) is 34.0. The topological polar surface area (TPSA) is 80.9 Å². The van der Waals surface area contributed by atoms with E-state index in [1.807, 2.05) is 24.3 Å². The molecule has 0 bridgehead atoms. The smallest absolute Gasteiger partial charge is 0.118 e. The SMILES string of the molecule is CCc1cc(C2(c3ccc(O)c(CC)c3)CCC(C3CCC(c4ccc(O)c(CC)c4)(c4ccc(O)c(CC)c4)CC3)CC2)ccc1O. The van der Waals surface area contributed by atoms with Crippen LogP contribution in [0.2, 0.25) is 0 Å². The second-order valence-corrected chi connectivity index (χ2v) is 14.6. The quantitative estimate of drug-likeness (QED) is 0.146. The van der Waals surface area contributed by atoms with Crippen LogP contribution in [0.1, 0.15) is 124 Å². The fourth-order valence-corrected chi connectivity index (χ4v) is 9.36. The summed E-state index contributed by atoms with van der Waals surface area (Å²) < 4.78 is 0. The second-order valence-electron chi connectivity index (χ2n) is 14.6. The number of hydrogen-bond donors (Lipinski definition) is 4. The highest BCUT2D eigenvalue weighted by Crippen LogP contribution is 2.54. The van der Waals surface area contributed by atoms with Crippen molar-refractivity contribution in [2.24, 2.45) is 11.8 Å². The first-order valence-corrected chi connectivity index (χ1v) is 18.5. The van der Waals surface area contributed by atoms with Crippen molar-refractivity contribution in [2.45, 2.75) is 116 Å². The number of hydrogen-bond acceptors (Lipinski definition) is 4. The van der Waals surface area contributed by atoms with Gasteiger partial charge >= 0.3 is 0 Å². The van der Waals surface area contributed by atoms with Crippen molar-refractivity contribution in [1.82, 2.24) is 0 Å². The summed E-state index contributed by atoms with van der Waals surface area (Å²) in [6.45, 7) is 8.40. The Morgan fingerprint density at radius 3 is 0.854 bits per heavy atom. The molecule has 254 valence electrons. The van der Waals surface area contributed by atoms with Gasteiger partial charge in [-0.1, -0.05) is 76.2 Å². The van der Waals surface area contributed by atoms with Crippen molar-refractivity contribution in [3.63, 3.8) is 0 Å². The average molecular weight is 647 g/mol. The fourth-order valence-electron chi connectivity index (χ4n) is 9.36. The molecule has 0 spiro atoms. The van der Waals surface area contributed by atoms with Gasteiger partial charge in [0.05, 0.1) is 0 Å². The van der Waals surface area contributed by atoms with Gasteiger partial charge in [0.25, 0.3) is 0 Å². The predicted octanol–water partition coefficient (Wildman–Crippen LogP) is 10.4. The molecule has 2 aliphatic carbocycles. The van der Waals surface area contributed by atoms with E-state index in [0.717, 1.165) is 99.3 Å². The molecule has 6 rings (SSSR count). The van der Waals surface area contributed by atoms with Gasteiger partial charge in [-0.25, -0.2) is 0 Å². The van der Waals surface area contributed by atoms with Crippen LogP contribution < -0.4 is 0 Å². The highest BCUT2D eigenvalue weighted by molar-refractivity contribution is 5.50. The Hall–Kier alpha value is -3.92. The number of rotatable bonds is 9. The van der Waals surface area contributed by atoms with Crippen molar-refractivity contribution in [3.8, 4) is 23.0 Å². The Kier molecular flexibility index (Phi) is 9.83. The van der Waals surface area contributed by atoms with Crippen LogP contribution in [-0.4, -0.2) is 20.4 Å². The summed E-state index contributed by atoms with van der Waals surface area (Å²) in [7, 11) is 0. The zero-order valence-corrected chi connectivity index (χ0v) is 29.4. The molecule has 0 saturated heterocycles. The molecule has 4 nitrogen and oxygen atoms in total. The van der Waals surface area contributed by atoms with Crippen LogP contribution in [0.3, 0.4) is 0 Å². The van der Waals surface area contributed by atoms with Gasteiger partial charge in [0.15, 0.2) is 0 Å². The summed E-state index contributed by atoms with van der Waals surface area (Å²) in [5.74, 6) is 2.78. The van der Waals surface area contributed by atoms with Crippen LogP contribution in [0.5, 0.6) is 23.0 Å². The van der Waals surface area contributed by atoms with Gasteiger partial charge in [-0.2, -0.15) is 0 Å². The molecule has 4 aromatic rings. The van der Waals surface area contributed by atoms with E-state index in [2.05, 4.69) is 76.2 Å². The normalized spacial score (nSPS) is 18.2. The highest BCUT2D eigenvalue weighted by Gasteiger charge is 2.44. The zero-order chi connectivity index (χ0) is 34.1. The van der Waals surface area contributed by atoms with Crippen LogP contribution in [0.25, 0.3) is 0 Å². The summed E-state index contributed by atoms with van der Waals surface area (Å²) in [6.07, 6.45) is 12.0. The molecule has 0 unspecified atom stereocenters. The van der Waals surface area contributed by atoms with Gasteiger partial charge in [-0.05, 0) is 158 Å². The minimum absolute atomic E-state index is 0.143. The molecule has 2 aliphatic rings. The lowest BCUT2D eigenvalue weighted by Gasteiger charge is -2.47. The van der Waals surface area contributed by atoms with E-state index in [-0.39, 0.29) is 10.8 Å². The molecule has 0 atom stereocenters. The number of aryl methyl sites for hydroxylation is 4. The van der Waals surface area contributed by atoms with Gasteiger partial charge in [0.1, 0.15) is 23.0 Å². The summed E-state index contributed by atoms with van der Waals surface area (Å²) >= 11 is 0. The predicted molar refractivity (Wildman–Crippen MR) is 195 cm³/mol. The summed E-state index contributed by atoms with van der Waals surface area (Å²) in [6, 6.07) is 25.0. The maximum atomic E-state index is 10.6. The molecule has 2 saturated carbocycles. The van der Waals surface area contributed by atoms with Crippen molar-refractivity contribution < 1.29 is 20.4 Å². The lowest BCUT2D eigenvalue weighted by Crippen LogP contribution is -2.39. The Balaban J connectivity index is 1.29. The molecule has 4 N–H and O–H groups in total. The Labute approximate surface area is 287 Å². The van der Waals surface area contributed by atoms with Crippen molar-refractivity contribution in [3.05, 3.63) is 117 Å². The fraction of sp³-hybridized carbons (Fsp3) is 0.455. The van der Waals surface area contributed by atoms with E-state index in [4.69, 9.17) is 0 Å². The van der Waals surface area contributed by atoms with Crippen LogP contribution in [0.4, 0.5) is 0 Å². The molecule has 0 radical (unpaired) electrons. The standard InChI is InChI=1S/C44H54O4/c1-5-29-25-35(9-13-39(29)45)43(36-10-14-40(46)30(6-2)26-36)21-17-33(18-22-43)34-19-23-44(24-20-34,37-11-15-41(47)31(7-3)27-37)38-12-16-42(48)32(8-4)28-38/h9-16,25-28,33-34,45-48H,5-8,17-24H2,1-4H3. The molecule has 0 aliphatic heterocycles. The van der Waals surface area contributed by atoms with Gasteiger partial charge in [0, 0.05) is 10.8 Å². The molecule has 2 fully saturated rings. The van der Waals surface area contributed by atoms with E-state index in [9.17, 15) is 20.4 Å². The van der Waals surface area contributed by atoms with Gasteiger partial charge in [-0.15, -0.1) is 0 Å². The van der Waals surface area contributed by atoms with Crippen LogP contribution in [0.15, 0.2) is 72.8 Å². The van der Waals surface area contributed by atoms with Crippen molar-refractivity contribution in [2.75, 3.05) is 0 Å². The van der Waals surface area contributed by atoms with Crippen molar-refractivity contribution in [1.29, 1.82) is 0 Å². The Bertz CT molecular complexity index is 1500. The maximum absolute atomic E-state index is 10.6. The third-order valence-corrected chi connectivity index (χ3v) is 12.5. The lowest BCUT2D eigenvalue weighted by atomic mass is 9.57. The van der Waals surface area contributed by atoms with E-state index in [1.165, 1.54) is 22.3 Å². The average Bonchev–Trinajstić information content (AvgIpc) is 3.12. The third kappa shape index (κ3) is 6.08. The van der Waals surface area contributed by atoms with Crippen LogP contribution >= 0.6 is 0 Å². The minimum atomic E-state index is -0.143. The van der Waals surface area contributed by atoms with Gasteiger partial charge < -0.3 is 20.4 Å². The number of phenolic OH excluding ortho intramolecular Hbond substituents is 4. The number of aromatic hydroxyl groups is 4. The molecule has 0 amide bonds. The summed E-state index contributed by atoms with van der Waals surface area (Å²) in [5, 5.41) is 42.2. The maximum Gasteiger partial charge on any atom is 0.118 e. The zero-order valence-electron chi connectivity index (χ0n) is 29.4. The second kappa shape index (κ2) is 13.9. The largest absolute Gasteiger partial charge is 0.508 e. The molecular formula is C44H54O4. The Morgan fingerprint density at radius 2 is 0.646 bits per heavy atom. The van der Waals surface area contributed by atoms with E-state index < -0.39 is 0 Å². The van der Waals surface area contributed by atoms with Gasteiger partial charge in [0.2, 0.25) is 0 Å². The Morgan fingerprint density at radius 1 is 0.417 bits per heavy atom. The molecule has 0 heterocycles. The molecule has 4 aromatic carbocycles. The third-order valence-electron chi connectivity index (χ3n) is 12.5. The summed E-state index contributed by atoms with van der Waals surface area (Å²) in [4.78, 5) is 0. The highest BCUT2D eigenvalue weighted by atomic mass is 16.3. The van der Waals surface area contributed by atoms with E-state index >= 15 is 0 Å². The summed E-state index contributed by atoms with van der Waals surface area (Å²) in [5.41, 5.74) is 8.81.